The van der Waals surface area contributed by atoms with Gasteiger partial charge in [-0.25, -0.2) is 0 Å². The van der Waals surface area contributed by atoms with Crippen LogP contribution in [-0.2, 0) is 0 Å². The van der Waals surface area contributed by atoms with Crippen molar-refractivity contribution in [2.24, 2.45) is 0 Å². The predicted octanol–water partition coefficient (Wildman–Crippen LogP) is 2.39. The molecule has 22 heavy (non-hydrogen) atoms. The first kappa shape index (κ1) is 15.6. The molecular weight excluding hydrogens is 280 g/mol. The van der Waals surface area contributed by atoms with Crippen LogP contribution in [0.1, 0.15) is 31.8 Å². The van der Waals surface area contributed by atoms with Gasteiger partial charge in [-0.15, -0.1) is 0 Å². The number of amides is 2. The molecule has 2 amide bonds. The summed E-state index contributed by atoms with van der Waals surface area (Å²) in [6.07, 6.45) is 0. The van der Waals surface area contributed by atoms with Crippen LogP contribution in [0.4, 0.5) is 0 Å². The Bertz CT molecular complexity index is 691. The fourth-order valence-corrected chi connectivity index (χ4v) is 2.13. The number of carbonyl (C=O) groups is 2. The summed E-state index contributed by atoms with van der Waals surface area (Å²) in [5.41, 5.74) is 7.69. The maximum Gasteiger partial charge on any atom is 0.269 e. The molecule has 0 fully saturated rings. The number of rotatable bonds is 3. The van der Waals surface area contributed by atoms with Crippen molar-refractivity contribution in [3.8, 4) is 5.75 Å². The van der Waals surface area contributed by atoms with Crippen LogP contribution >= 0.6 is 0 Å². The van der Waals surface area contributed by atoms with Crippen molar-refractivity contribution < 1.29 is 14.3 Å². The van der Waals surface area contributed by atoms with E-state index in [4.69, 9.17) is 4.74 Å². The molecule has 0 heterocycles. The molecule has 0 saturated carbocycles. The molecule has 2 N–H and O–H groups in total. The van der Waals surface area contributed by atoms with E-state index in [1.54, 1.807) is 36.4 Å². The van der Waals surface area contributed by atoms with E-state index in [2.05, 4.69) is 10.9 Å². The van der Waals surface area contributed by atoms with Gasteiger partial charge in [0, 0.05) is 11.1 Å². The lowest BCUT2D eigenvalue weighted by atomic mass is 10.1. The Kier molecular flexibility index (Phi) is 4.78. The molecule has 114 valence electrons. The topological polar surface area (TPSA) is 67.4 Å². The summed E-state index contributed by atoms with van der Waals surface area (Å²) in [5.74, 6) is -0.187. The largest absolute Gasteiger partial charge is 0.497 e. The van der Waals surface area contributed by atoms with E-state index in [9.17, 15) is 9.59 Å². The lowest BCUT2D eigenvalue weighted by molar-refractivity contribution is 0.0846. The summed E-state index contributed by atoms with van der Waals surface area (Å²) in [6.45, 7) is 3.83. The first-order valence-corrected chi connectivity index (χ1v) is 6.82. The monoisotopic (exact) mass is 298 g/mol. The van der Waals surface area contributed by atoms with Crippen molar-refractivity contribution in [1.29, 1.82) is 0 Å². The Morgan fingerprint density at radius 2 is 1.45 bits per heavy atom. The Balaban J connectivity index is 2.02. The highest BCUT2D eigenvalue weighted by Crippen LogP contribution is 2.12. The van der Waals surface area contributed by atoms with Crippen molar-refractivity contribution in [1.82, 2.24) is 10.9 Å². The molecule has 5 nitrogen and oxygen atoms in total. The lowest BCUT2D eigenvalue weighted by Crippen LogP contribution is -2.41. The first-order chi connectivity index (χ1) is 10.5. The normalized spacial score (nSPS) is 9.95. The van der Waals surface area contributed by atoms with Crippen LogP contribution in [0.25, 0.3) is 0 Å². The Morgan fingerprint density at radius 1 is 0.864 bits per heavy atom. The number of nitrogens with one attached hydrogen (secondary N) is 2. The van der Waals surface area contributed by atoms with Crippen LogP contribution in [0.15, 0.2) is 42.5 Å². The standard InChI is InChI=1S/C17H18N2O3/c1-11-7-12(2)9-14(8-11)17(21)19-18-16(20)13-5-4-6-15(10-13)22-3/h4-10H,1-3H3,(H,18,20)(H,19,21). The van der Waals surface area contributed by atoms with Gasteiger partial charge in [0.25, 0.3) is 11.8 Å². The van der Waals surface area contributed by atoms with Crippen molar-refractivity contribution in [2.45, 2.75) is 13.8 Å². The minimum Gasteiger partial charge on any atom is -0.497 e. The molecule has 2 aromatic rings. The minimum atomic E-state index is -0.406. The average Bonchev–Trinajstić information content (AvgIpc) is 2.51. The molecule has 0 spiro atoms. The first-order valence-electron chi connectivity index (χ1n) is 6.82. The van der Waals surface area contributed by atoms with E-state index in [1.807, 2.05) is 19.9 Å². The van der Waals surface area contributed by atoms with Gasteiger partial charge in [-0.05, 0) is 44.2 Å². The average molecular weight is 298 g/mol. The zero-order valence-electron chi connectivity index (χ0n) is 12.8. The predicted molar refractivity (Wildman–Crippen MR) is 83.8 cm³/mol. The van der Waals surface area contributed by atoms with Crippen molar-refractivity contribution >= 4 is 11.8 Å². The van der Waals surface area contributed by atoms with E-state index in [-0.39, 0.29) is 5.91 Å². The minimum absolute atomic E-state index is 0.358. The smallest absolute Gasteiger partial charge is 0.269 e. The SMILES string of the molecule is COc1cccc(C(=O)NNC(=O)c2cc(C)cc(C)c2)c1. The summed E-state index contributed by atoms with van der Waals surface area (Å²) >= 11 is 0. The third kappa shape index (κ3) is 3.85. The molecule has 2 aromatic carbocycles. The van der Waals surface area contributed by atoms with Crippen molar-refractivity contribution in [3.05, 3.63) is 64.7 Å². The summed E-state index contributed by atoms with van der Waals surface area (Å²) < 4.78 is 5.06. The number of aryl methyl sites for hydroxylation is 2. The van der Waals surface area contributed by atoms with E-state index in [0.29, 0.717) is 16.9 Å². The van der Waals surface area contributed by atoms with Gasteiger partial charge in [0.1, 0.15) is 5.75 Å². The number of carbonyl (C=O) groups excluding carboxylic acids is 2. The molecule has 0 bridgehead atoms. The van der Waals surface area contributed by atoms with Gasteiger partial charge >= 0.3 is 0 Å². The van der Waals surface area contributed by atoms with Gasteiger partial charge in [-0.3, -0.25) is 20.4 Å². The molecule has 0 aliphatic carbocycles. The molecule has 0 aliphatic rings. The van der Waals surface area contributed by atoms with Crippen molar-refractivity contribution in [3.63, 3.8) is 0 Å². The maximum absolute atomic E-state index is 12.1. The number of hydrazine groups is 1. The van der Waals surface area contributed by atoms with E-state index >= 15 is 0 Å². The quantitative estimate of drug-likeness (QED) is 0.855. The molecular formula is C17H18N2O3. The van der Waals surface area contributed by atoms with E-state index in [1.165, 1.54) is 7.11 Å². The van der Waals surface area contributed by atoms with Crippen molar-refractivity contribution in [2.75, 3.05) is 7.11 Å². The highest BCUT2D eigenvalue weighted by atomic mass is 16.5. The van der Waals surface area contributed by atoms with Crippen LogP contribution < -0.4 is 15.6 Å². The molecule has 5 heteroatoms. The number of hydrogen-bond donors (Lipinski definition) is 2. The highest BCUT2D eigenvalue weighted by Gasteiger charge is 2.10. The number of methoxy groups -OCH3 is 1. The summed E-state index contributed by atoms with van der Waals surface area (Å²) in [6, 6.07) is 12.2. The van der Waals surface area contributed by atoms with Gasteiger partial charge in [0.2, 0.25) is 0 Å². The fourth-order valence-electron chi connectivity index (χ4n) is 2.13. The van der Waals surface area contributed by atoms with Crippen LogP contribution in [0.2, 0.25) is 0 Å². The molecule has 0 aliphatic heterocycles. The van der Waals surface area contributed by atoms with Gasteiger partial charge < -0.3 is 4.74 Å². The molecule has 0 saturated heterocycles. The second-order valence-electron chi connectivity index (χ2n) is 5.02. The van der Waals surface area contributed by atoms with Gasteiger partial charge in [0.05, 0.1) is 7.11 Å². The third-order valence-electron chi connectivity index (χ3n) is 3.11. The molecule has 0 radical (unpaired) electrons. The molecule has 2 rings (SSSR count). The fraction of sp³-hybridized carbons (Fsp3) is 0.176. The van der Waals surface area contributed by atoms with Crippen LogP contribution in [0, 0.1) is 13.8 Å². The number of hydrogen-bond acceptors (Lipinski definition) is 3. The summed E-state index contributed by atoms with van der Waals surface area (Å²) in [4.78, 5) is 24.1. The van der Waals surface area contributed by atoms with Gasteiger partial charge in [0.15, 0.2) is 0 Å². The van der Waals surface area contributed by atoms with Gasteiger partial charge in [-0.2, -0.15) is 0 Å². The molecule has 0 unspecified atom stereocenters. The summed E-state index contributed by atoms with van der Waals surface area (Å²) in [7, 11) is 1.53. The zero-order chi connectivity index (χ0) is 16.1. The van der Waals surface area contributed by atoms with E-state index < -0.39 is 5.91 Å². The van der Waals surface area contributed by atoms with Crippen LogP contribution in [0.5, 0.6) is 5.75 Å². The maximum atomic E-state index is 12.1. The number of ether oxygens (including phenoxy) is 1. The third-order valence-corrected chi connectivity index (χ3v) is 3.11. The Labute approximate surface area is 129 Å². The summed E-state index contributed by atoms with van der Waals surface area (Å²) in [5, 5.41) is 0. The molecule has 0 aromatic heterocycles. The zero-order valence-corrected chi connectivity index (χ0v) is 12.8. The number of benzene rings is 2. The van der Waals surface area contributed by atoms with E-state index in [0.717, 1.165) is 11.1 Å². The van der Waals surface area contributed by atoms with Crippen LogP contribution in [0.3, 0.4) is 0 Å². The second-order valence-corrected chi connectivity index (χ2v) is 5.02. The highest BCUT2D eigenvalue weighted by molar-refractivity contribution is 5.99. The van der Waals surface area contributed by atoms with Crippen LogP contribution in [-0.4, -0.2) is 18.9 Å². The Hall–Kier alpha value is -2.82. The lowest BCUT2D eigenvalue weighted by Gasteiger charge is -2.09. The Morgan fingerprint density at radius 3 is 2.05 bits per heavy atom. The second kappa shape index (κ2) is 6.76. The van der Waals surface area contributed by atoms with Gasteiger partial charge in [-0.1, -0.05) is 23.3 Å². The molecule has 0 atom stereocenters.